The van der Waals surface area contributed by atoms with Gasteiger partial charge in [-0.05, 0) is 66.1 Å². The van der Waals surface area contributed by atoms with Crippen LogP contribution in [0.5, 0.6) is 0 Å². The van der Waals surface area contributed by atoms with Gasteiger partial charge in [0.2, 0.25) is 0 Å². The van der Waals surface area contributed by atoms with E-state index in [1.807, 2.05) is 0 Å². The molecule has 0 aromatic rings. The lowest BCUT2D eigenvalue weighted by molar-refractivity contribution is 0.0504. The molecule has 0 spiro atoms. The normalized spacial score (nSPS) is 39.0. The van der Waals surface area contributed by atoms with Crippen molar-refractivity contribution in [3.05, 3.63) is 0 Å². The summed E-state index contributed by atoms with van der Waals surface area (Å²) in [6.45, 7) is 1.20. The molecule has 3 fully saturated rings. The van der Waals surface area contributed by atoms with Crippen LogP contribution in [0.4, 0.5) is 0 Å². The minimum Gasteiger partial charge on any atom is -0.312 e. The summed E-state index contributed by atoms with van der Waals surface area (Å²) in [4.78, 5) is 5.08. The fourth-order valence-electron chi connectivity index (χ4n) is 4.28. The number of nitrogens with zero attached hydrogens (tertiary/aromatic N) is 2. The summed E-state index contributed by atoms with van der Waals surface area (Å²) in [6.07, 6.45) is 9.78. The van der Waals surface area contributed by atoms with E-state index in [0.29, 0.717) is 5.54 Å². The van der Waals surface area contributed by atoms with Crippen molar-refractivity contribution >= 4 is 0 Å². The van der Waals surface area contributed by atoms with Crippen LogP contribution in [0.15, 0.2) is 0 Å². The molecule has 2 saturated heterocycles. The maximum atomic E-state index is 3.90. The zero-order valence-electron chi connectivity index (χ0n) is 12.3. The van der Waals surface area contributed by atoms with E-state index in [-0.39, 0.29) is 0 Å². The second-order valence-corrected chi connectivity index (χ2v) is 7.07. The van der Waals surface area contributed by atoms with Crippen LogP contribution in [-0.2, 0) is 0 Å². The summed E-state index contributed by atoms with van der Waals surface area (Å²) in [5.41, 5.74) is 0.475. The molecule has 0 amide bonds. The first kappa shape index (κ1) is 12.9. The first-order valence-corrected chi connectivity index (χ1v) is 7.73. The van der Waals surface area contributed by atoms with E-state index in [1.54, 1.807) is 0 Å². The molecule has 18 heavy (non-hydrogen) atoms. The Labute approximate surface area is 112 Å². The Morgan fingerprint density at radius 3 is 2.22 bits per heavy atom. The third kappa shape index (κ3) is 2.10. The van der Waals surface area contributed by atoms with Crippen molar-refractivity contribution in [3.63, 3.8) is 0 Å². The molecule has 0 radical (unpaired) electrons. The Morgan fingerprint density at radius 2 is 1.78 bits per heavy atom. The molecule has 0 aromatic carbocycles. The van der Waals surface area contributed by atoms with E-state index < -0.39 is 0 Å². The van der Waals surface area contributed by atoms with Gasteiger partial charge in [-0.3, -0.25) is 0 Å². The van der Waals surface area contributed by atoms with Crippen LogP contribution in [0.2, 0.25) is 0 Å². The predicted molar refractivity (Wildman–Crippen MR) is 75.9 cm³/mol. The highest BCUT2D eigenvalue weighted by Gasteiger charge is 2.42. The lowest BCUT2D eigenvalue weighted by Gasteiger charge is -2.49. The van der Waals surface area contributed by atoms with Gasteiger partial charge < -0.3 is 15.1 Å². The minimum atomic E-state index is 0.475. The molecule has 3 nitrogen and oxygen atoms in total. The van der Waals surface area contributed by atoms with Crippen molar-refractivity contribution in [3.8, 4) is 0 Å². The van der Waals surface area contributed by atoms with E-state index in [9.17, 15) is 0 Å². The molecule has 3 heteroatoms. The maximum Gasteiger partial charge on any atom is 0.0328 e. The topological polar surface area (TPSA) is 18.5 Å². The van der Waals surface area contributed by atoms with Gasteiger partial charge in [-0.1, -0.05) is 0 Å². The van der Waals surface area contributed by atoms with E-state index in [2.05, 4.69) is 36.3 Å². The number of nitrogens with one attached hydrogen (secondary N) is 1. The molecule has 0 aromatic heterocycles. The van der Waals surface area contributed by atoms with E-state index in [0.717, 1.165) is 18.1 Å². The zero-order valence-corrected chi connectivity index (χ0v) is 12.3. The van der Waals surface area contributed by atoms with Gasteiger partial charge in [-0.2, -0.15) is 0 Å². The van der Waals surface area contributed by atoms with Crippen molar-refractivity contribution < 1.29 is 0 Å². The molecule has 1 N–H and O–H groups in total. The average molecular weight is 251 g/mol. The number of piperidine rings is 1. The van der Waals surface area contributed by atoms with Crippen molar-refractivity contribution in [1.82, 2.24) is 15.1 Å². The Kier molecular flexibility index (Phi) is 3.41. The third-order valence-electron chi connectivity index (χ3n) is 6.05. The molecule has 2 heterocycles. The number of likely N-dealkylation sites (N-methyl/N-ethyl adjacent to an activating group) is 1. The van der Waals surface area contributed by atoms with Crippen LogP contribution >= 0.6 is 0 Å². The lowest BCUT2D eigenvalue weighted by atomic mass is 9.75. The largest absolute Gasteiger partial charge is 0.312 e. The molecule has 2 bridgehead atoms. The lowest BCUT2D eigenvalue weighted by Crippen LogP contribution is -2.59. The highest BCUT2D eigenvalue weighted by Crippen LogP contribution is 2.37. The average Bonchev–Trinajstić information content (AvgIpc) is 2.50. The van der Waals surface area contributed by atoms with Crippen molar-refractivity contribution in [1.29, 1.82) is 0 Å². The van der Waals surface area contributed by atoms with Gasteiger partial charge in [0, 0.05) is 30.2 Å². The number of hydrogen-bond acceptors (Lipinski definition) is 3. The smallest absolute Gasteiger partial charge is 0.0328 e. The molecular weight excluding hydrogens is 222 g/mol. The fourth-order valence-corrected chi connectivity index (χ4v) is 4.28. The second-order valence-electron chi connectivity index (χ2n) is 7.07. The van der Waals surface area contributed by atoms with Gasteiger partial charge in [0.05, 0.1) is 0 Å². The number of hydrogen-bond donors (Lipinski definition) is 1. The van der Waals surface area contributed by atoms with E-state index >= 15 is 0 Å². The van der Waals surface area contributed by atoms with Gasteiger partial charge in [0.1, 0.15) is 0 Å². The molecule has 3 aliphatic rings. The highest BCUT2D eigenvalue weighted by atomic mass is 15.2. The van der Waals surface area contributed by atoms with Crippen LogP contribution in [0.1, 0.15) is 44.9 Å². The molecule has 104 valence electrons. The quantitative estimate of drug-likeness (QED) is 0.820. The first-order valence-electron chi connectivity index (χ1n) is 7.73. The molecule has 2 aliphatic heterocycles. The van der Waals surface area contributed by atoms with E-state index in [1.165, 1.54) is 51.5 Å². The SMILES string of the molecule is CN1C2CCC1CC(NCC1(N(C)C)CCC1)C2. The third-order valence-corrected chi connectivity index (χ3v) is 6.05. The van der Waals surface area contributed by atoms with Crippen LogP contribution in [0.25, 0.3) is 0 Å². The molecule has 2 atom stereocenters. The summed E-state index contributed by atoms with van der Waals surface area (Å²) in [5, 5.41) is 3.90. The fraction of sp³-hybridized carbons (Fsp3) is 1.00. The van der Waals surface area contributed by atoms with Gasteiger partial charge in [0.25, 0.3) is 0 Å². The van der Waals surface area contributed by atoms with Crippen LogP contribution < -0.4 is 5.32 Å². The van der Waals surface area contributed by atoms with Crippen LogP contribution in [-0.4, -0.2) is 61.2 Å². The summed E-state index contributed by atoms with van der Waals surface area (Å²) < 4.78 is 0. The summed E-state index contributed by atoms with van der Waals surface area (Å²) >= 11 is 0. The Hall–Kier alpha value is -0.120. The number of fused-ring (bicyclic) bond motifs is 2. The molecule has 1 saturated carbocycles. The Balaban J connectivity index is 1.52. The Bertz CT molecular complexity index is 284. The monoisotopic (exact) mass is 251 g/mol. The molecule has 3 rings (SSSR count). The summed E-state index contributed by atoms with van der Waals surface area (Å²) in [6, 6.07) is 2.49. The zero-order chi connectivity index (χ0) is 12.8. The first-order chi connectivity index (χ1) is 8.61. The standard InChI is InChI=1S/C15H29N3/c1-17(2)15(7-4-8-15)11-16-12-9-13-5-6-14(10-12)18(13)3/h12-14,16H,4-11H2,1-3H3. The van der Waals surface area contributed by atoms with E-state index in [4.69, 9.17) is 0 Å². The Morgan fingerprint density at radius 1 is 1.17 bits per heavy atom. The maximum absolute atomic E-state index is 3.90. The van der Waals surface area contributed by atoms with Crippen LogP contribution in [0.3, 0.4) is 0 Å². The molecule has 2 unspecified atom stereocenters. The molecular formula is C15H29N3. The highest BCUT2D eigenvalue weighted by molar-refractivity contribution is 5.01. The van der Waals surface area contributed by atoms with Crippen molar-refractivity contribution in [2.24, 2.45) is 0 Å². The van der Waals surface area contributed by atoms with Crippen molar-refractivity contribution in [2.45, 2.75) is 68.6 Å². The summed E-state index contributed by atoms with van der Waals surface area (Å²) in [5.74, 6) is 0. The van der Waals surface area contributed by atoms with Gasteiger partial charge in [-0.25, -0.2) is 0 Å². The van der Waals surface area contributed by atoms with Gasteiger partial charge in [0.15, 0.2) is 0 Å². The molecule has 1 aliphatic carbocycles. The minimum absolute atomic E-state index is 0.475. The van der Waals surface area contributed by atoms with Crippen LogP contribution in [0, 0.1) is 0 Å². The van der Waals surface area contributed by atoms with Crippen molar-refractivity contribution in [2.75, 3.05) is 27.7 Å². The van der Waals surface area contributed by atoms with Gasteiger partial charge in [-0.15, -0.1) is 0 Å². The van der Waals surface area contributed by atoms with Gasteiger partial charge >= 0.3 is 0 Å². The summed E-state index contributed by atoms with van der Waals surface area (Å²) in [7, 11) is 6.82. The number of rotatable bonds is 4. The predicted octanol–water partition coefficient (Wildman–Crippen LogP) is 1.69. The second kappa shape index (κ2) is 4.77.